The molecule has 1 atom stereocenters. The molecule has 4 aromatic rings. The van der Waals surface area contributed by atoms with Gasteiger partial charge in [-0.25, -0.2) is 4.68 Å². The number of rotatable bonds is 9. The zero-order valence-corrected chi connectivity index (χ0v) is 22.7. The molecule has 2 aliphatic heterocycles. The van der Waals surface area contributed by atoms with Crippen molar-refractivity contribution in [2.24, 2.45) is 0 Å². The van der Waals surface area contributed by atoms with Gasteiger partial charge in [0.2, 0.25) is 11.9 Å². The van der Waals surface area contributed by atoms with Crippen LogP contribution in [-0.4, -0.2) is 58.6 Å². The highest BCUT2D eigenvalue weighted by Crippen LogP contribution is 2.30. The minimum atomic E-state index is -0.285. The summed E-state index contributed by atoms with van der Waals surface area (Å²) < 4.78 is 13.3. The normalized spacial score (nSPS) is 17.2. The quantitative estimate of drug-likeness (QED) is 0.171. The first kappa shape index (κ1) is 26.5. The van der Waals surface area contributed by atoms with Gasteiger partial charge in [-0.1, -0.05) is 12.6 Å². The molecular weight excluding hydrogens is 522 g/mol. The van der Waals surface area contributed by atoms with Crippen LogP contribution in [0.1, 0.15) is 25.5 Å². The number of aromatic nitrogens is 4. The highest BCUT2D eigenvalue weighted by molar-refractivity contribution is 5.99. The second-order valence-corrected chi connectivity index (χ2v) is 9.84. The van der Waals surface area contributed by atoms with E-state index in [2.05, 4.69) is 50.2 Å². The molecule has 2 aromatic carbocycles. The summed E-state index contributed by atoms with van der Waals surface area (Å²) in [6.45, 7) is 7.46. The number of amides is 1. The topological polar surface area (TPSA) is 130 Å². The molecule has 2 saturated heterocycles. The van der Waals surface area contributed by atoms with Crippen molar-refractivity contribution in [3.05, 3.63) is 67.4 Å². The van der Waals surface area contributed by atoms with E-state index in [0.29, 0.717) is 35.4 Å². The monoisotopic (exact) mass is 555 g/mol. The Hall–Kier alpha value is -4.68. The summed E-state index contributed by atoms with van der Waals surface area (Å²) in [6, 6.07) is 15.5. The number of hydrogen-bond acceptors (Lipinski definition) is 10. The van der Waals surface area contributed by atoms with E-state index in [4.69, 9.17) is 19.4 Å². The van der Waals surface area contributed by atoms with Crippen molar-refractivity contribution >= 4 is 51.5 Å². The Kier molecular flexibility index (Phi) is 7.92. The number of anilines is 6. The van der Waals surface area contributed by atoms with Gasteiger partial charge in [-0.15, -0.1) is 0 Å². The molecule has 0 spiro atoms. The van der Waals surface area contributed by atoms with E-state index >= 15 is 0 Å². The average Bonchev–Trinajstić information content (AvgIpc) is 3.45. The van der Waals surface area contributed by atoms with Gasteiger partial charge in [-0.2, -0.15) is 15.1 Å². The van der Waals surface area contributed by atoms with E-state index in [0.717, 1.165) is 62.3 Å². The van der Waals surface area contributed by atoms with E-state index in [1.165, 1.54) is 6.08 Å². The molecule has 0 bridgehead atoms. The molecule has 1 amide bonds. The fourth-order valence-electron chi connectivity index (χ4n) is 4.91. The number of morpholine rings is 1. The van der Waals surface area contributed by atoms with Gasteiger partial charge in [0, 0.05) is 36.8 Å². The first-order valence-corrected chi connectivity index (χ1v) is 13.8. The maximum Gasteiger partial charge on any atom is 0.247 e. The summed E-state index contributed by atoms with van der Waals surface area (Å²) in [5.74, 6) is 0.647. The van der Waals surface area contributed by atoms with Crippen molar-refractivity contribution in [2.75, 3.05) is 59.3 Å². The second kappa shape index (κ2) is 12.2. The van der Waals surface area contributed by atoms with Crippen molar-refractivity contribution in [2.45, 2.75) is 25.5 Å². The molecule has 4 N–H and O–H groups in total. The molecule has 0 saturated carbocycles. The molecule has 41 heavy (non-hydrogen) atoms. The van der Waals surface area contributed by atoms with Gasteiger partial charge in [0.25, 0.3) is 0 Å². The zero-order valence-electron chi connectivity index (χ0n) is 22.7. The number of carbonyl (C=O) groups excluding carboxylic acids is 1. The van der Waals surface area contributed by atoms with E-state index in [9.17, 15) is 4.79 Å². The Morgan fingerprint density at radius 3 is 2.59 bits per heavy atom. The van der Waals surface area contributed by atoms with Crippen LogP contribution in [0.2, 0.25) is 0 Å². The molecule has 0 radical (unpaired) electrons. The van der Waals surface area contributed by atoms with Crippen LogP contribution in [0, 0.1) is 0 Å². The van der Waals surface area contributed by atoms with Gasteiger partial charge in [0.1, 0.15) is 0 Å². The third-order valence-corrected chi connectivity index (χ3v) is 7.02. The molecule has 2 aliphatic rings. The SMILES string of the molecule is C=CC(=O)Nc1cccc(Nc2nc(NNc3ccc(N4CCOCC4)cc3)c3cnn(C4CCCCO4)c3n2)c1. The smallest absolute Gasteiger partial charge is 0.247 e. The lowest BCUT2D eigenvalue weighted by Gasteiger charge is -2.29. The van der Waals surface area contributed by atoms with Crippen molar-refractivity contribution < 1.29 is 14.3 Å². The molecule has 12 heteroatoms. The number of hydrogen-bond donors (Lipinski definition) is 4. The minimum Gasteiger partial charge on any atom is -0.378 e. The molecule has 0 aliphatic carbocycles. The van der Waals surface area contributed by atoms with E-state index < -0.39 is 0 Å². The van der Waals surface area contributed by atoms with Crippen molar-refractivity contribution in [3.8, 4) is 0 Å². The largest absolute Gasteiger partial charge is 0.378 e. The summed E-state index contributed by atoms with van der Waals surface area (Å²) in [5.41, 5.74) is 10.6. The fourth-order valence-corrected chi connectivity index (χ4v) is 4.91. The lowest BCUT2D eigenvalue weighted by molar-refractivity contribution is -0.111. The number of fused-ring (bicyclic) bond motifs is 1. The highest BCUT2D eigenvalue weighted by atomic mass is 16.5. The van der Waals surface area contributed by atoms with Crippen LogP contribution in [0.4, 0.5) is 34.5 Å². The van der Waals surface area contributed by atoms with Crippen LogP contribution in [-0.2, 0) is 14.3 Å². The number of carbonyl (C=O) groups is 1. The predicted octanol–water partition coefficient (Wildman–Crippen LogP) is 4.67. The summed E-state index contributed by atoms with van der Waals surface area (Å²) in [6.07, 6.45) is 5.77. The van der Waals surface area contributed by atoms with Crippen LogP contribution >= 0.6 is 0 Å². The number of nitrogens with zero attached hydrogens (tertiary/aromatic N) is 5. The predicted molar refractivity (Wildman–Crippen MR) is 159 cm³/mol. The van der Waals surface area contributed by atoms with Gasteiger partial charge in [-0.3, -0.25) is 15.6 Å². The lowest BCUT2D eigenvalue weighted by atomic mass is 10.2. The number of benzene rings is 2. The minimum absolute atomic E-state index is 0.185. The van der Waals surface area contributed by atoms with Crippen LogP contribution in [0.25, 0.3) is 11.0 Å². The van der Waals surface area contributed by atoms with E-state index in [1.807, 2.05) is 28.9 Å². The first-order chi connectivity index (χ1) is 20.2. The summed E-state index contributed by atoms with van der Waals surface area (Å²) in [4.78, 5) is 23.6. The molecule has 12 nitrogen and oxygen atoms in total. The number of ether oxygens (including phenoxy) is 2. The van der Waals surface area contributed by atoms with E-state index in [1.54, 1.807) is 18.3 Å². The zero-order chi connectivity index (χ0) is 28.0. The van der Waals surface area contributed by atoms with Gasteiger partial charge in [0.05, 0.1) is 30.5 Å². The van der Waals surface area contributed by atoms with Gasteiger partial charge in [0.15, 0.2) is 17.7 Å². The highest BCUT2D eigenvalue weighted by Gasteiger charge is 2.22. The third-order valence-electron chi connectivity index (χ3n) is 7.02. The average molecular weight is 556 g/mol. The van der Waals surface area contributed by atoms with Crippen LogP contribution in [0.3, 0.4) is 0 Å². The van der Waals surface area contributed by atoms with Gasteiger partial charge < -0.3 is 25.0 Å². The van der Waals surface area contributed by atoms with Crippen molar-refractivity contribution in [1.82, 2.24) is 19.7 Å². The Balaban J connectivity index is 1.26. The molecule has 212 valence electrons. The van der Waals surface area contributed by atoms with Gasteiger partial charge in [-0.05, 0) is 67.8 Å². The van der Waals surface area contributed by atoms with Crippen molar-refractivity contribution in [3.63, 3.8) is 0 Å². The molecule has 1 unspecified atom stereocenters. The summed E-state index contributed by atoms with van der Waals surface area (Å²) in [5, 5.41) is 11.4. The van der Waals surface area contributed by atoms with Crippen LogP contribution in [0.15, 0.2) is 67.4 Å². The Labute approximate surface area is 237 Å². The molecular formula is C29H33N9O3. The molecule has 2 fully saturated rings. The lowest BCUT2D eigenvalue weighted by Crippen LogP contribution is -2.36. The van der Waals surface area contributed by atoms with Crippen LogP contribution in [0.5, 0.6) is 0 Å². The van der Waals surface area contributed by atoms with Crippen molar-refractivity contribution in [1.29, 1.82) is 0 Å². The summed E-state index contributed by atoms with van der Waals surface area (Å²) in [7, 11) is 0. The summed E-state index contributed by atoms with van der Waals surface area (Å²) >= 11 is 0. The third kappa shape index (κ3) is 6.23. The molecule has 6 rings (SSSR count). The maximum absolute atomic E-state index is 11.8. The Morgan fingerprint density at radius 1 is 0.976 bits per heavy atom. The number of hydrazine groups is 1. The maximum atomic E-state index is 11.8. The van der Waals surface area contributed by atoms with Gasteiger partial charge >= 0.3 is 0 Å². The Morgan fingerprint density at radius 2 is 1.80 bits per heavy atom. The Bertz CT molecular complexity index is 1510. The molecule has 2 aromatic heterocycles. The second-order valence-electron chi connectivity index (χ2n) is 9.84. The standard InChI is InChI=1S/C29H33N9O3/c1-2-25(39)31-21-6-5-7-22(18-21)32-29-33-27(24-19-30-38(28(24)34-29)26-8-3-4-15-41-26)36-35-20-9-11-23(12-10-20)37-13-16-40-17-14-37/h2,5-7,9-12,18-19,26,35H,1,3-4,8,13-17H2,(H,31,39)(H2,32,33,34,36). The first-order valence-electron chi connectivity index (χ1n) is 13.8. The molecule has 4 heterocycles. The van der Waals surface area contributed by atoms with E-state index in [-0.39, 0.29) is 12.1 Å². The fraction of sp³-hybridized carbons (Fsp3) is 0.310. The number of nitrogens with one attached hydrogen (secondary N) is 4. The van der Waals surface area contributed by atoms with Crippen LogP contribution < -0.4 is 26.4 Å².